The van der Waals surface area contributed by atoms with Gasteiger partial charge in [0.15, 0.2) is 11.5 Å². The molecule has 0 saturated carbocycles. The van der Waals surface area contributed by atoms with Crippen LogP contribution < -0.4 is 14.8 Å². The Morgan fingerprint density at radius 1 is 0.935 bits per heavy atom. The van der Waals surface area contributed by atoms with E-state index in [9.17, 15) is 0 Å². The van der Waals surface area contributed by atoms with Crippen molar-refractivity contribution in [2.45, 2.75) is 13.2 Å². The van der Waals surface area contributed by atoms with Crippen LogP contribution in [0.3, 0.4) is 0 Å². The summed E-state index contributed by atoms with van der Waals surface area (Å²) >= 11 is 15.9. The molecular formula is C25H20BrCl2NO2. The molecule has 4 aromatic carbocycles. The fourth-order valence-electron chi connectivity index (χ4n) is 3.41. The Hall–Kier alpha value is -2.40. The first-order valence-electron chi connectivity index (χ1n) is 9.70. The summed E-state index contributed by atoms with van der Waals surface area (Å²) in [7, 11) is 1.64. The summed E-state index contributed by atoms with van der Waals surface area (Å²) < 4.78 is 12.6. The maximum Gasteiger partial charge on any atom is 0.175 e. The number of anilines is 1. The summed E-state index contributed by atoms with van der Waals surface area (Å²) in [6.07, 6.45) is 0. The number of benzene rings is 4. The minimum absolute atomic E-state index is 0.439. The van der Waals surface area contributed by atoms with Crippen LogP contribution >= 0.6 is 39.1 Å². The molecule has 0 heterocycles. The van der Waals surface area contributed by atoms with Crippen LogP contribution in [0.5, 0.6) is 11.5 Å². The smallest absolute Gasteiger partial charge is 0.175 e. The zero-order chi connectivity index (χ0) is 21.8. The highest BCUT2D eigenvalue weighted by atomic mass is 79.9. The number of nitrogens with one attached hydrogen (secondary N) is 1. The van der Waals surface area contributed by atoms with Crippen LogP contribution in [0, 0.1) is 0 Å². The van der Waals surface area contributed by atoms with Gasteiger partial charge in [-0.2, -0.15) is 0 Å². The average Bonchev–Trinajstić information content (AvgIpc) is 2.77. The second-order valence-corrected chi connectivity index (χ2v) is 8.71. The molecule has 0 aliphatic rings. The van der Waals surface area contributed by atoms with Crippen molar-refractivity contribution in [3.63, 3.8) is 0 Å². The number of hydrogen-bond acceptors (Lipinski definition) is 3. The first-order chi connectivity index (χ1) is 15.0. The summed E-state index contributed by atoms with van der Waals surface area (Å²) in [6, 6.07) is 23.9. The zero-order valence-electron chi connectivity index (χ0n) is 16.8. The van der Waals surface area contributed by atoms with Crippen molar-refractivity contribution in [3.05, 3.63) is 98.4 Å². The van der Waals surface area contributed by atoms with Crippen LogP contribution in [0.25, 0.3) is 10.8 Å². The van der Waals surface area contributed by atoms with E-state index in [-0.39, 0.29) is 0 Å². The molecular weight excluding hydrogens is 497 g/mol. The van der Waals surface area contributed by atoms with E-state index in [1.165, 1.54) is 10.8 Å². The molecule has 0 aliphatic heterocycles. The van der Waals surface area contributed by atoms with E-state index in [0.717, 1.165) is 21.3 Å². The first kappa shape index (κ1) is 21.8. The number of rotatable bonds is 7. The van der Waals surface area contributed by atoms with Crippen LogP contribution in [0.15, 0.2) is 77.3 Å². The Balaban J connectivity index is 1.52. The van der Waals surface area contributed by atoms with Gasteiger partial charge in [-0.3, -0.25) is 0 Å². The van der Waals surface area contributed by atoms with Gasteiger partial charge in [-0.05, 0) is 68.2 Å². The first-order valence-corrected chi connectivity index (χ1v) is 11.2. The molecule has 0 unspecified atom stereocenters. The lowest BCUT2D eigenvalue weighted by atomic mass is 10.1. The molecule has 158 valence electrons. The third-order valence-electron chi connectivity index (χ3n) is 4.96. The molecule has 0 aliphatic carbocycles. The summed E-state index contributed by atoms with van der Waals surface area (Å²) in [4.78, 5) is 0. The molecule has 1 N–H and O–H groups in total. The Kier molecular flexibility index (Phi) is 6.91. The van der Waals surface area contributed by atoms with Crippen LogP contribution in [-0.4, -0.2) is 7.11 Å². The van der Waals surface area contributed by atoms with E-state index in [2.05, 4.69) is 45.5 Å². The van der Waals surface area contributed by atoms with Gasteiger partial charge in [0.25, 0.3) is 0 Å². The van der Waals surface area contributed by atoms with Crippen molar-refractivity contribution in [1.29, 1.82) is 0 Å². The molecule has 6 heteroatoms. The van der Waals surface area contributed by atoms with E-state index < -0.39 is 0 Å². The van der Waals surface area contributed by atoms with Crippen molar-refractivity contribution < 1.29 is 9.47 Å². The SMILES string of the molecule is COc1cc(CNc2ccc(Cl)cc2Cl)cc(Br)c1OCc1cccc2ccccc12. The van der Waals surface area contributed by atoms with Crippen molar-refractivity contribution in [2.24, 2.45) is 0 Å². The van der Waals surface area contributed by atoms with E-state index in [1.54, 1.807) is 19.2 Å². The van der Waals surface area contributed by atoms with E-state index >= 15 is 0 Å². The average molecular weight is 517 g/mol. The third kappa shape index (κ3) is 5.09. The van der Waals surface area contributed by atoms with Gasteiger partial charge < -0.3 is 14.8 Å². The molecule has 0 amide bonds. The molecule has 0 spiro atoms. The zero-order valence-corrected chi connectivity index (χ0v) is 19.9. The number of fused-ring (bicyclic) bond motifs is 1. The van der Waals surface area contributed by atoms with Crippen LogP contribution in [-0.2, 0) is 13.2 Å². The van der Waals surface area contributed by atoms with Crippen molar-refractivity contribution >= 4 is 55.6 Å². The number of hydrogen-bond donors (Lipinski definition) is 1. The number of methoxy groups -OCH3 is 1. The second-order valence-electron chi connectivity index (χ2n) is 7.01. The van der Waals surface area contributed by atoms with Gasteiger partial charge in [0, 0.05) is 11.6 Å². The number of halogens is 3. The molecule has 0 bridgehead atoms. The Labute approximate surface area is 200 Å². The summed E-state index contributed by atoms with van der Waals surface area (Å²) in [5, 5.41) is 6.88. The van der Waals surface area contributed by atoms with Gasteiger partial charge in [-0.15, -0.1) is 0 Å². The fourth-order valence-corrected chi connectivity index (χ4v) is 4.49. The van der Waals surface area contributed by atoms with E-state index in [1.807, 2.05) is 36.4 Å². The van der Waals surface area contributed by atoms with Crippen LogP contribution in [0.1, 0.15) is 11.1 Å². The predicted octanol–water partition coefficient (Wildman–Crippen LogP) is 8.11. The lowest BCUT2D eigenvalue weighted by Gasteiger charge is -2.16. The Morgan fingerprint density at radius 2 is 1.74 bits per heavy atom. The van der Waals surface area contributed by atoms with Gasteiger partial charge >= 0.3 is 0 Å². The van der Waals surface area contributed by atoms with Gasteiger partial charge in [0.2, 0.25) is 0 Å². The van der Waals surface area contributed by atoms with Gasteiger partial charge in [-0.1, -0.05) is 65.7 Å². The van der Waals surface area contributed by atoms with Crippen molar-refractivity contribution in [2.75, 3.05) is 12.4 Å². The van der Waals surface area contributed by atoms with Gasteiger partial charge in [-0.25, -0.2) is 0 Å². The largest absolute Gasteiger partial charge is 0.493 e. The standard InChI is InChI=1S/C25H20BrCl2NO2/c1-30-24-12-16(14-29-23-10-9-19(27)13-22(23)28)11-21(26)25(24)31-15-18-7-4-6-17-5-2-3-8-20(17)18/h2-13,29H,14-15H2,1H3. The maximum absolute atomic E-state index is 6.25. The van der Waals surface area contributed by atoms with Gasteiger partial charge in [0.05, 0.1) is 22.3 Å². The normalized spacial score (nSPS) is 10.8. The molecule has 0 radical (unpaired) electrons. The maximum atomic E-state index is 6.25. The minimum Gasteiger partial charge on any atom is -0.493 e. The molecule has 0 saturated heterocycles. The lowest BCUT2D eigenvalue weighted by Crippen LogP contribution is -2.03. The molecule has 0 atom stereocenters. The molecule has 0 fully saturated rings. The quantitative estimate of drug-likeness (QED) is 0.269. The summed E-state index contributed by atoms with van der Waals surface area (Å²) in [5.74, 6) is 1.33. The highest BCUT2D eigenvalue weighted by molar-refractivity contribution is 9.10. The highest BCUT2D eigenvalue weighted by Crippen LogP contribution is 2.38. The molecule has 4 aromatic rings. The van der Waals surface area contributed by atoms with Gasteiger partial charge in [0.1, 0.15) is 6.61 Å². The Bertz CT molecular complexity index is 1220. The van der Waals surface area contributed by atoms with E-state index in [4.69, 9.17) is 32.7 Å². The topological polar surface area (TPSA) is 30.5 Å². The van der Waals surface area contributed by atoms with Crippen LogP contribution in [0.4, 0.5) is 5.69 Å². The van der Waals surface area contributed by atoms with Crippen LogP contribution in [0.2, 0.25) is 10.0 Å². The highest BCUT2D eigenvalue weighted by Gasteiger charge is 2.13. The summed E-state index contributed by atoms with van der Waals surface area (Å²) in [5.41, 5.74) is 2.96. The third-order valence-corrected chi connectivity index (χ3v) is 6.09. The predicted molar refractivity (Wildman–Crippen MR) is 133 cm³/mol. The minimum atomic E-state index is 0.439. The molecule has 0 aromatic heterocycles. The van der Waals surface area contributed by atoms with Crippen molar-refractivity contribution in [3.8, 4) is 11.5 Å². The summed E-state index contributed by atoms with van der Waals surface area (Å²) in [6.45, 7) is 1.01. The Morgan fingerprint density at radius 3 is 2.55 bits per heavy atom. The monoisotopic (exact) mass is 515 g/mol. The molecule has 3 nitrogen and oxygen atoms in total. The molecule has 4 rings (SSSR count). The second kappa shape index (κ2) is 9.82. The van der Waals surface area contributed by atoms with Crippen molar-refractivity contribution in [1.82, 2.24) is 0 Å². The van der Waals surface area contributed by atoms with E-state index in [0.29, 0.717) is 34.7 Å². The molecule has 31 heavy (non-hydrogen) atoms. The lowest BCUT2D eigenvalue weighted by molar-refractivity contribution is 0.283. The number of ether oxygens (including phenoxy) is 2. The fraction of sp³-hybridized carbons (Fsp3) is 0.120.